The maximum absolute atomic E-state index is 14.8. The number of halogens is 3. The second kappa shape index (κ2) is 11.2. The molecule has 0 saturated carbocycles. The third-order valence-electron chi connectivity index (χ3n) is 3.49. The molecule has 1 aromatic carbocycles. The van der Waals surface area contributed by atoms with Crippen LogP contribution in [0.15, 0.2) is 41.3 Å². The largest absolute Gasteiger partial charge is 0.490 e. The predicted octanol–water partition coefficient (Wildman–Crippen LogP) is 5.16. The minimum Gasteiger partial charge on any atom is -0.490 e. The smallest absolute Gasteiger partial charge is 0.207 e. The Morgan fingerprint density at radius 2 is 1.92 bits per heavy atom. The molecule has 0 saturated heterocycles. The highest BCUT2D eigenvalue weighted by Crippen LogP contribution is 2.38. The normalized spacial score (nSPS) is 12.0. The standard InChI is InChI=1S/C19H24F2INO3/c1-6-7-14(12(2)3)17(19(23-4)26-22)18-15(21)10-13(20)11-16(18)25-9-8-24-5/h6-7,10-11,23H,8-9H2,1-5H3/b7-6-,19-17-. The van der Waals surface area contributed by atoms with Gasteiger partial charge in [0.25, 0.3) is 0 Å². The monoisotopic (exact) mass is 479 g/mol. The number of benzene rings is 1. The lowest BCUT2D eigenvalue weighted by Gasteiger charge is -2.20. The summed E-state index contributed by atoms with van der Waals surface area (Å²) in [5.41, 5.74) is 2.25. The molecule has 1 rings (SSSR count). The molecule has 0 aliphatic heterocycles. The number of allylic oxidation sites excluding steroid dienone is 5. The fourth-order valence-electron chi connectivity index (χ4n) is 2.38. The van der Waals surface area contributed by atoms with Gasteiger partial charge in [0.1, 0.15) is 24.0 Å². The SMILES string of the molecule is C/C=C\C(=C(C)C)/C(=C(\NC)OI)c1c(F)cc(F)cc1OCCOC. The molecule has 7 heteroatoms. The molecular formula is C19H24F2INO3. The molecule has 0 atom stereocenters. The van der Waals surface area contributed by atoms with E-state index in [0.717, 1.165) is 23.3 Å². The van der Waals surface area contributed by atoms with Gasteiger partial charge in [-0.1, -0.05) is 17.7 Å². The first-order valence-corrected chi connectivity index (χ1v) is 8.91. The van der Waals surface area contributed by atoms with Crippen LogP contribution in [0.4, 0.5) is 8.78 Å². The Labute approximate surface area is 167 Å². The van der Waals surface area contributed by atoms with Crippen LogP contribution in [0.3, 0.4) is 0 Å². The zero-order valence-electron chi connectivity index (χ0n) is 15.6. The first-order valence-electron chi connectivity index (χ1n) is 8.03. The van der Waals surface area contributed by atoms with E-state index in [-0.39, 0.29) is 17.9 Å². The quantitative estimate of drug-likeness (QED) is 0.230. The first kappa shape index (κ1) is 22.4. The Bertz CT molecular complexity index is 705. The second-order valence-corrected chi connectivity index (χ2v) is 5.99. The van der Waals surface area contributed by atoms with Crippen LogP contribution < -0.4 is 10.1 Å². The molecule has 0 aliphatic rings. The number of ether oxygens (including phenoxy) is 2. The summed E-state index contributed by atoms with van der Waals surface area (Å²) in [6, 6.07) is 1.99. The fraction of sp³-hybridized carbons (Fsp3) is 0.368. The zero-order valence-corrected chi connectivity index (χ0v) is 17.7. The average molecular weight is 479 g/mol. The van der Waals surface area contributed by atoms with Crippen molar-refractivity contribution >= 4 is 28.6 Å². The van der Waals surface area contributed by atoms with Crippen molar-refractivity contribution in [2.75, 3.05) is 27.4 Å². The molecule has 144 valence electrons. The Hall–Kier alpha value is -1.61. The molecule has 1 aromatic rings. The van der Waals surface area contributed by atoms with Gasteiger partial charge in [0, 0.05) is 26.3 Å². The summed E-state index contributed by atoms with van der Waals surface area (Å²) in [5, 5.41) is 2.92. The molecule has 0 amide bonds. The van der Waals surface area contributed by atoms with Crippen LogP contribution in [0.25, 0.3) is 5.57 Å². The van der Waals surface area contributed by atoms with Gasteiger partial charge in [0.05, 0.1) is 17.7 Å². The van der Waals surface area contributed by atoms with Gasteiger partial charge in [-0.3, -0.25) is 0 Å². The molecule has 0 radical (unpaired) electrons. The second-order valence-electron chi connectivity index (χ2n) is 5.55. The Balaban J connectivity index is 3.77. The van der Waals surface area contributed by atoms with Crippen molar-refractivity contribution in [1.29, 1.82) is 0 Å². The summed E-state index contributed by atoms with van der Waals surface area (Å²) < 4.78 is 44.6. The van der Waals surface area contributed by atoms with Gasteiger partial charge in [0.15, 0.2) is 23.0 Å². The van der Waals surface area contributed by atoms with Crippen molar-refractivity contribution in [3.8, 4) is 5.75 Å². The van der Waals surface area contributed by atoms with Crippen molar-refractivity contribution in [3.63, 3.8) is 0 Å². The third kappa shape index (κ3) is 5.70. The van der Waals surface area contributed by atoms with Gasteiger partial charge in [-0.25, -0.2) is 8.78 Å². The zero-order chi connectivity index (χ0) is 19.7. The Morgan fingerprint density at radius 3 is 2.42 bits per heavy atom. The molecule has 0 heterocycles. The van der Waals surface area contributed by atoms with Crippen LogP contribution in [0.2, 0.25) is 0 Å². The summed E-state index contributed by atoms with van der Waals surface area (Å²) in [4.78, 5) is 0. The molecule has 0 unspecified atom stereocenters. The maximum Gasteiger partial charge on any atom is 0.207 e. The van der Waals surface area contributed by atoms with Crippen molar-refractivity contribution in [1.82, 2.24) is 5.32 Å². The molecule has 0 fully saturated rings. The van der Waals surface area contributed by atoms with Crippen molar-refractivity contribution in [2.45, 2.75) is 20.8 Å². The van der Waals surface area contributed by atoms with E-state index in [2.05, 4.69) is 5.32 Å². The Kier molecular flexibility index (Phi) is 9.64. The van der Waals surface area contributed by atoms with Gasteiger partial charge in [-0.15, -0.1) is 0 Å². The molecule has 4 nitrogen and oxygen atoms in total. The van der Waals surface area contributed by atoms with Gasteiger partial charge in [0.2, 0.25) is 5.88 Å². The van der Waals surface area contributed by atoms with Gasteiger partial charge in [-0.05, 0) is 26.3 Å². The van der Waals surface area contributed by atoms with Crippen molar-refractivity contribution < 1.29 is 21.3 Å². The highest BCUT2D eigenvalue weighted by molar-refractivity contribution is 14.1. The summed E-state index contributed by atoms with van der Waals surface area (Å²) in [6.07, 6.45) is 3.69. The van der Waals surface area contributed by atoms with Crippen LogP contribution in [0, 0.1) is 11.6 Å². The van der Waals surface area contributed by atoms with Crippen LogP contribution >= 0.6 is 23.0 Å². The van der Waals surface area contributed by atoms with E-state index in [1.54, 1.807) is 30.1 Å². The van der Waals surface area contributed by atoms with Gasteiger partial charge >= 0.3 is 0 Å². The van der Waals surface area contributed by atoms with Crippen molar-refractivity contribution in [2.24, 2.45) is 0 Å². The van der Waals surface area contributed by atoms with Gasteiger partial charge < -0.3 is 17.9 Å². The number of hydrogen-bond donors (Lipinski definition) is 1. The molecule has 0 aromatic heterocycles. The number of methoxy groups -OCH3 is 1. The molecule has 0 aliphatic carbocycles. The lowest BCUT2D eigenvalue weighted by molar-refractivity contribution is 0.145. The number of nitrogens with one attached hydrogen (secondary N) is 1. The van der Waals surface area contributed by atoms with E-state index in [0.29, 0.717) is 18.1 Å². The Morgan fingerprint density at radius 1 is 1.23 bits per heavy atom. The minimum atomic E-state index is -0.739. The van der Waals surface area contributed by atoms with Crippen LogP contribution in [-0.4, -0.2) is 27.4 Å². The summed E-state index contributed by atoms with van der Waals surface area (Å²) in [5.74, 6) is -1.04. The van der Waals surface area contributed by atoms with Crippen LogP contribution in [-0.2, 0) is 7.80 Å². The molecule has 26 heavy (non-hydrogen) atoms. The summed E-state index contributed by atoms with van der Waals surface area (Å²) >= 11 is 1.72. The fourth-order valence-corrected chi connectivity index (χ4v) is 2.82. The van der Waals surface area contributed by atoms with E-state index in [1.165, 1.54) is 7.11 Å². The molecular weight excluding hydrogens is 455 g/mol. The van der Waals surface area contributed by atoms with Crippen LogP contribution in [0.5, 0.6) is 5.75 Å². The van der Waals surface area contributed by atoms with E-state index >= 15 is 0 Å². The highest BCUT2D eigenvalue weighted by atomic mass is 127. The van der Waals surface area contributed by atoms with E-state index in [9.17, 15) is 8.78 Å². The topological polar surface area (TPSA) is 39.7 Å². The highest BCUT2D eigenvalue weighted by Gasteiger charge is 2.24. The maximum atomic E-state index is 14.8. The lowest BCUT2D eigenvalue weighted by atomic mass is 9.93. The summed E-state index contributed by atoms with van der Waals surface area (Å²) in [6.45, 7) is 6.13. The average Bonchev–Trinajstić information content (AvgIpc) is 2.58. The van der Waals surface area contributed by atoms with E-state index in [1.807, 2.05) is 32.9 Å². The van der Waals surface area contributed by atoms with E-state index in [4.69, 9.17) is 12.5 Å². The lowest BCUT2D eigenvalue weighted by Crippen LogP contribution is -2.13. The predicted molar refractivity (Wildman–Crippen MR) is 108 cm³/mol. The molecule has 0 bridgehead atoms. The minimum absolute atomic E-state index is 0.0824. The molecule has 0 spiro atoms. The van der Waals surface area contributed by atoms with Crippen molar-refractivity contribution in [3.05, 3.63) is 58.5 Å². The summed E-state index contributed by atoms with van der Waals surface area (Å²) in [7, 11) is 3.19. The van der Waals surface area contributed by atoms with Gasteiger partial charge in [-0.2, -0.15) is 0 Å². The third-order valence-corrected chi connectivity index (χ3v) is 3.93. The number of hydrogen-bond acceptors (Lipinski definition) is 4. The van der Waals surface area contributed by atoms with Crippen LogP contribution in [0.1, 0.15) is 26.3 Å². The number of rotatable bonds is 9. The van der Waals surface area contributed by atoms with E-state index < -0.39 is 11.6 Å². The first-order chi connectivity index (χ1) is 12.4. The molecule has 1 N–H and O–H groups in total.